The largest absolute Gasteiger partial charge is 3.00 e. The van der Waals surface area contributed by atoms with E-state index in [-0.39, 0.29) is 429 Å². The van der Waals surface area contributed by atoms with Gasteiger partial charge in [0, 0.05) is 109 Å². The second-order valence-electron chi connectivity index (χ2n) is 0. The van der Waals surface area contributed by atoms with Crippen LogP contribution in [0.25, 0.3) is 0 Å². The van der Waals surface area contributed by atoms with Crippen LogP contribution in [0.1, 0.15) is 0 Å². The van der Waals surface area contributed by atoms with Gasteiger partial charge in [-0.1, -0.05) is 0 Å². The van der Waals surface area contributed by atoms with Gasteiger partial charge in [-0.25, -0.2) is 0 Å². The second-order valence-corrected chi connectivity index (χ2v) is 0. The Balaban J connectivity index is 0. The third kappa shape index (κ3) is 83.0. The summed E-state index contributed by atoms with van der Waals surface area (Å²) in [5.74, 6) is 0. The average molecular weight is 2060 g/mol. The molecular formula is Eu4Pb4Se3Te3. The molecule has 0 aliphatic rings. The Hall–Kier alpha value is 14.0. The van der Waals surface area contributed by atoms with Crippen LogP contribution in [0.15, 0.2) is 0 Å². The minimum absolute atomic E-state index is 0. The molecule has 14 heteroatoms. The van der Waals surface area contributed by atoms with Gasteiger partial charge < -0.3 is 122 Å². The molecule has 14 heavy (non-hydrogen) atoms. The van der Waals surface area contributed by atoms with Crippen molar-refractivity contribution in [3.8, 4) is 0 Å². The first kappa shape index (κ1) is 104. The summed E-state index contributed by atoms with van der Waals surface area (Å²) in [6.07, 6.45) is 0. The Bertz CT molecular complexity index is 27.8. The molecule has 0 N–H and O–H groups in total. The van der Waals surface area contributed by atoms with Gasteiger partial charge in [0.1, 0.15) is 0 Å². The van der Waals surface area contributed by atoms with Gasteiger partial charge in [0.15, 0.2) is 0 Å². The molecule has 0 aromatic rings. The first-order valence-corrected chi connectivity index (χ1v) is 0. The summed E-state index contributed by atoms with van der Waals surface area (Å²) in [7, 11) is 0. The monoisotopic (exact) mass is 2070 g/mol. The van der Waals surface area contributed by atoms with Gasteiger partial charge in [-0.2, -0.15) is 0 Å². The summed E-state index contributed by atoms with van der Waals surface area (Å²) < 4.78 is 0. The van der Waals surface area contributed by atoms with E-state index in [0.717, 1.165) is 0 Å². The predicted molar refractivity (Wildman–Crippen MR) is 57.5 cm³/mol. The molecule has 0 heterocycles. The zero-order valence-electron chi connectivity index (χ0n) is 5.96. The van der Waals surface area contributed by atoms with Crippen LogP contribution in [0.5, 0.6) is 0 Å². The summed E-state index contributed by atoms with van der Waals surface area (Å²) in [5, 5.41) is 0. The maximum atomic E-state index is 0. The van der Waals surface area contributed by atoms with Crippen molar-refractivity contribution < 1.29 is 198 Å². The Kier molecular flexibility index (Phi) is 695. The smallest absolute Gasteiger partial charge is 2.00 e. The number of hydrogen-bond acceptors (Lipinski definition) is 0. The molecule has 80 valence electrons. The van der Waals surface area contributed by atoms with Crippen LogP contribution in [0, 0.1) is 198 Å². The van der Waals surface area contributed by atoms with E-state index < -0.39 is 0 Å². The van der Waals surface area contributed by atoms with Crippen LogP contribution in [0.3, 0.4) is 0 Å². The van der Waals surface area contributed by atoms with Crippen LogP contribution in [0.4, 0.5) is 0 Å². The van der Waals surface area contributed by atoms with E-state index in [4.69, 9.17) is 0 Å². The van der Waals surface area contributed by atoms with E-state index in [2.05, 4.69) is 0 Å². The van der Waals surface area contributed by atoms with E-state index in [9.17, 15) is 0 Å². The Morgan fingerprint density at radius 2 is 0.286 bits per heavy atom. The van der Waals surface area contributed by atoms with Crippen LogP contribution < -0.4 is 0 Å². The summed E-state index contributed by atoms with van der Waals surface area (Å²) in [6, 6.07) is 0. The van der Waals surface area contributed by atoms with Gasteiger partial charge in [-0.05, 0) is 0 Å². The van der Waals surface area contributed by atoms with Crippen molar-refractivity contribution >= 4 is 231 Å². The summed E-state index contributed by atoms with van der Waals surface area (Å²) in [5.41, 5.74) is 0. The van der Waals surface area contributed by atoms with Gasteiger partial charge in [-0.15, -0.1) is 0 Å². The van der Waals surface area contributed by atoms with Crippen molar-refractivity contribution in [3.05, 3.63) is 0 Å². The van der Waals surface area contributed by atoms with Crippen molar-refractivity contribution in [1.29, 1.82) is 0 Å². The van der Waals surface area contributed by atoms with Crippen molar-refractivity contribution in [2.75, 3.05) is 0 Å². The first-order valence-electron chi connectivity index (χ1n) is 0. The molecule has 0 aromatic carbocycles. The molecule has 0 nitrogen and oxygen atoms in total. The molecule has 0 aliphatic heterocycles. The van der Waals surface area contributed by atoms with E-state index in [1.807, 2.05) is 0 Å². The van der Waals surface area contributed by atoms with E-state index >= 15 is 0 Å². The van der Waals surface area contributed by atoms with Gasteiger partial charge >= 0.3 is 198 Å². The van der Waals surface area contributed by atoms with Crippen molar-refractivity contribution in [2.45, 2.75) is 0 Å². The van der Waals surface area contributed by atoms with Gasteiger partial charge in [-0.3, -0.25) is 0 Å². The molecule has 0 saturated carbocycles. The van der Waals surface area contributed by atoms with Gasteiger partial charge in [0.25, 0.3) is 0 Å². The van der Waals surface area contributed by atoms with Crippen LogP contribution in [-0.4, -0.2) is 231 Å². The van der Waals surface area contributed by atoms with E-state index in [0.29, 0.717) is 0 Å². The molecule has 0 bridgehead atoms. The predicted octanol–water partition coefficient (Wildman–Crippen LogP) is -3.81. The third-order valence-corrected chi connectivity index (χ3v) is 0. The maximum absolute atomic E-state index is 0. The number of rotatable bonds is 0. The number of hydrogen-bond donors (Lipinski definition) is 0. The molecular weight excluding hydrogens is 2060 g/mol. The quantitative estimate of drug-likeness (QED) is 0.219. The molecule has 0 saturated heterocycles. The zero-order valence-corrected chi connectivity index (χ0v) is 43.3. The summed E-state index contributed by atoms with van der Waals surface area (Å²) in [4.78, 5) is 0. The zero-order chi connectivity index (χ0) is 0. The molecule has 16 radical (unpaired) electrons. The third-order valence-electron chi connectivity index (χ3n) is 0. The van der Waals surface area contributed by atoms with Crippen LogP contribution in [-0.2, 0) is 0 Å². The minimum Gasteiger partial charge on any atom is -2.00 e. The molecule has 0 fully saturated rings. The van der Waals surface area contributed by atoms with Crippen molar-refractivity contribution in [3.63, 3.8) is 0 Å². The second kappa shape index (κ2) is 93.2. The minimum atomic E-state index is 0. The van der Waals surface area contributed by atoms with Crippen LogP contribution in [0.2, 0.25) is 0 Å². The molecule has 0 amide bonds. The Morgan fingerprint density at radius 1 is 0.286 bits per heavy atom. The molecule has 0 atom stereocenters. The van der Waals surface area contributed by atoms with Gasteiger partial charge in [0.2, 0.25) is 0 Å². The molecule has 0 unspecified atom stereocenters. The summed E-state index contributed by atoms with van der Waals surface area (Å²) in [6.45, 7) is 0. The van der Waals surface area contributed by atoms with E-state index in [1.165, 1.54) is 0 Å². The normalized spacial score (nSPS) is 0. The van der Waals surface area contributed by atoms with Crippen molar-refractivity contribution in [2.24, 2.45) is 0 Å². The summed E-state index contributed by atoms with van der Waals surface area (Å²) >= 11 is 0. The van der Waals surface area contributed by atoms with Crippen molar-refractivity contribution in [1.82, 2.24) is 0 Å². The SMILES string of the molecule is [Eu+3].[Eu+3].[Eu+3].[Eu+3].[Pb].[Pb].[Pb].[Pb].[Se-2].[Se-2].[Se-2].[Te-2].[Te-2].[Te-2]. The fourth-order valence-corrected chi connectivity index (χ4v) is 0. The van der Waals surface area contributed by atoms with E-state index in [1.54, 1.807) is 0 Å². The molecule has 0 spiro atoms. The first-order chi connectivity index (χ1) is 0. The fourth-order valence-electron chi connectivity index (χ4n) is 0. The molecule has 0 aromatic heterocycles. The Morgan fingerprint density at radius 3 is 0.286 bits per heavy atom. The molecule has 0 aliphatic carbocycles. The molecule has 0 rings (SSSR count). The average Bonchev–Trinajstić information content (AvgIpc) is 0. The maximum Gasteiger partial charge on any atom is 3.00 e. The van der Waals surface area contributed by atoms with Crippen LogP contribution >= 0.6 is 0 Å². The topological polar surface area (TPSA) is 0 Å². The fraction of sp³-hybridized carbons (Fsp3) is 0. The Labute approximate surface area is 413 Å². The standard InChI is InChI=1S/4Eu.4Pb.3Se.3Te/q4*+3;;;;;6*-2. The van der Waals surface area contributed by atoms with Gasteiger partial charge in [0.05, 0.1) is 0 Å².